The third-order valence-corrected chi connectivity index (χ3v) is 3.41. The summed E-state index contributed by atoms with van der Waals surface area (Å²) in [6, 6.07) is 14.3. The van der Waals surface area contributed by atoms with E-state index in [9.17, 15) is 4.79 Å². The van der Waals surface area contributed by atoms with Gasteiger partial charge in [0, 0.05) is 0 Å². The second-order valence-electron chi connectivity index (χ2n) is 6.16. The minimum atomic E-state index is -0.536. The maximum absolute atomic E-state index is 11.8. The molecule has 5 heteroatoms. The first-order valence-corrected chi connectivity index (χ1v) is 7.99. The quantitative estimate of drug-likeness (QED) is 0.617. The number of carbonyl (C=O) groups is 1. The molecule has 2 aromatic carbocycles. The molecule has 0 saturated carbocycles. The molecule has 0 fully saturated rings. The molecule has 0 radical (unpaired) electrons. The molecule has 1 N–H and O–H groups in total. The van der Waals surface area contributed by atoms with Crippen molar-refractivity contribution in [1.82, 2.24) is 0 Å². The molecule has 0 aromatic heterocycles. The number of methoxy groups -OCH3 is 1. The van der Waals surface area contributed by atoms with Crippen molar-refractivity contribution in [1.29, 1.82) is 0 Å². The molecule has 0 aliphatic rings. The molecule has 0 heterocycles. The minimum Gasteiger partial charge on any atom is -0.358 e. The van der Waals surface area contributed by atoms with Crippen LogP contribution in [0, 0.1) is 13.5 Å². The van der Waals surface area contributed by atoms with Gasteiger partial charge >= 0.3 is 150 Å². The fourth-order valence-corrected chi connectivity index (χ4v) is 2.32. The summed E-state index contributed by atoms with van der Waals surface area (Å²) in [5, 5.41) is 2.69. The Kier molecular flexibility index (Phi) is 7.38. The zero-order chi connectivity index (χ0) is 17.7. The van der Waals surface area contributed by atoms with E-state index in [0.29, 0.717) is 5.69 Å². The number of rotatable bonds is 4. The van der Waals surface area contributed by atoms with Gasteiger partial charge in [0.05, 0.1) is 0 Å². The van der Waals surface area contributed by atoms with Gasteiger partial charge in [0.25, 0.3) is 0 Å². The zero-order valence-electron chi connectivity index (χ0n) is 15.1. The van der Waals surface area contributed by atoms with E-state index in [1.807, 2.05) is 45.0 Å². The van der Waals surface area contributed by atoms with Gasteiger partial charge < -0.3 is 7.43 Å². The summed E-state index contributed by atoms with van der Waals surface area (Å²) in [6.45, 7) is 5.46. The van der Waals surface area contributed by atoms with Crippen molar-refractivity contribution in [2.75, 3.05) is 12.4 Å². The number of hydrogen-bond acceptors (Lipinski definition) is 3. The maximum atomic E-state index is 11.8. The number of benzene rings is 2. The molecule has 4 nitrogen and oxygen atoms in total. The Bertz CT molecular complexity index is 734. The summed E-state index contributed by atoms with van der Waals surface area (Å²) in [7, 11) is 1.62. The van der Waals surface area contributed by atoms with E-state index in [-0.39, 0.29) is 7.43 Å². The van der Waals surface area contributed by atoms with E-state index in [2.05, 4.69) is 11.4 Å². The predicted octanol–water partition coefficient (Wildman–Crippen LogP) is 4.66. The Hall–Kier alpha value is -2.13. The Morgan fingerprint density at radius 2 is 1.96 bits per heavy atom. The molecule has 2 aromatic rings. The molecule has 0 spiro atoms. The molecule has 0 saturated heterocycles. The third-order valence-electron chi connectivity index (χ3n) is 3.11. The van der Waals surface area contributed by atoms with Gasteiger partial charge in [-0.2, -0.15) is 0 Å². The van der Waals surface area contributed by atoms with Crippen molar-refractivity contribution in [3.8, 4) is 16.9 Å². The Morgan fingerprint density at radius 1 is 1.24 bits per heavy atom. The van der Waals surface area contributed by atoms with Crippen molar-refractivity contribution in [2.24, 2.45) is 0 Å². The second kappa shape index (κ2) is 8.82. The van der Waals surface area contributed by atoms with Crippen molar-refractivity contribution < 1.29 is 29.3 Å². The van der Waals surface area contributed by atoms with Gasteiger partial charge in [-0.15, -0.1) is 0 Å². The first-order chi connectivity index (χ1) is 11.3. The topological polar surface area (TPSA) is 47.6 Å². The zero-order valence-corrected chi connectivity index (χ0v) is 16.1. The van der Waals surface area contributed by atoms with Gasteiger partial charge in [0.15, 0.2) is 0 Å². The van der Waals surface area contributed by atoms with Crippen molar-refractivity contribution in [3.63, 3.8) is 0 Å². The third kappa shape index (κ3) is 6.02. The molecule has 0 unspecified atom stereocenters. The largest absolute Gasteiger partial charge is 0.358 e. The molecular weight excluding hydrogens is 361 g/mol. The summed E-state index contributed by atoms with van der Waals surface area (Å²) in [6.07, 6.45) is -0.491. The first-order valence-electron chi connectivity index (χ1n) is 7.42. The van der Waals surface area contributed by atoms with Gasteiger partial charge in [-0.1, -0.05) is 0 Å². The fourth-order valence-electron chi connectivity index (χ4n) is 2.08. The van der Waals surface area contributed by atoms with Crippen molar-refractivity contribution in [2.45, 2.75) is 26.4 Å². The van der Waals surface area contributed by atoms with Crippen LogP contribution in [0.4, 0.5) is 10.5 Å². The Labute approximate surface area is 157 Å². The van der Waals surface area contributed by atoms with Gasteiger partial charge in [-0.05, 0) is 0 Å². The van der Waals surface area contributed by atoms with Crippen LogP contribution in [0.2, 0.25) is 0 Å². The molecule has 2 rings (SSSR count). The van der Waals surface area contributed by atoms with E-state index in [4.69, 9.17) is 24.5 Å². The summed E-state index contributed by atoms with van der Waals surface area (Å²) >= 11 is 4.77. The van der Waals surface area contributed by atoms with Gasteiger partial charge in [0.1, 0.15) is 0 Å². The fraction of sp³-hybridized carbons (Fsp3) is 0.250. The summed E-state index contributed by atoms with van der Waals surface area (Å²) < 4.78 is 10.4. The van der Waals surface area contributed by atoms with E-state index in [0.717, 1.165) is 22.4 Å². The Balaban J connectivity index is 0.00000312. The summed E-state index contributed by atoms with van der Waals surface area (Å²) in [5.74, 6) is 0.755. The molecule has 0 aliphatic carbocycles. The van der Waals surface area contributed by atoms with Crippen LogP contribution in [0.15, 0.2) is 36.4 Å². The van der Waals surface area contributed by atoms with Gasteiger partial charge in [-0.25, -0.2) is 0 Å². The van der Waals surface area contributed by atoms with Crippen LogP contribution in [-0.4, -0.2) is 23.8 Å². The van der Waals surface area contributed by atoms with Crippen LogP contribution in [0.3, 0.4) is 0 Å². The molecule has 0 bridgehead atoms. The Morgan fingerprint density at radius 3 is 2.48 bits per heavy atom. The van der Waals surface area contributed by atoms with E-state index < -0.39 is 11.7 Å². The van der Waals surface area contributed by atoms with Crippen LogP contribution in [-0.2, 0) is 19.8 Å². The molecule has 0 atom stereocenters. The van der Waals surface area contributed by atoms with Crippen LogP contribution in [0.1, 0.15) is 26.3 Å². The van der Waals surface area contributed by atoms with Gasteiger partial charge in [-0.3, -0.25) is 0 Å². The number of carbonyl (C=O) groups excluding carboxylic acids is 1. The van der Waals surface area contributed by atoms with E-state index in [1.165, 1.54) is 0 Å². The van der Waals surface area contributed by atoms with Crippen LogP contribution < -0.4 is 10.1 Å². The van der Waals surface area contributed by atoms with Crippen LogP contribution in [0.5, 0.6) is 5.75 Å². The minimum absolute atomic E-state index is 0. The average Bonchev–Trinajstić information content (AvgIpc) is 2.53. The van der Waals surface area contributed by atoms with E-state index >= 15 is 0 Å². The number of hydrogen-bond donors (Lipinski definition) is 1. The monoisotopic (exact) mass is 383 g/mol. The number of anilines is 1. The van der Waals surface area contributed by atoms with Gasteiger partial charge in [0.2, 0.25) is 0 Å². The number of amides is 1. The summed E-state index contributed by atoms with van der Waals surface area (Å²) in [4.78, 5) is 13.4. The van der Waals surface area contributed by atoms with Crippen LogP contribution in [0.25, 0.3) is 11.1 Å². The van der Waals surface area contributed by atoms with Crippen molar-refractivity contribution in [3.05, 3.63) is 55.5 Å². The second-order valence-corrected chi connectivity index (χ2v) is 6.45. The summed E-state index contributed by atoms with van der Waals surface area (Å²) in [5.41, 5.74) is 2.83. The first kappa shape index (κ1) is 20.9. The molecule has 25 heavy (non-hydrogen) atoms. The smallest absolute Gasteiger partial charge is 0.358 e. The average molecular weight is 384 g/mol. The standard InChI is InChI=1S/C19H20NO3.CH3.Ni/c1-13-12-16(22-5)10-11-17(13)14-6-8-15(9-7-14)20-18(21)23-19(2,3)4;;/h1,6,8-12H,2-5H3,(H,20,21);1H3;/q2*-1;. The SMILES string of the molecule is COc1ccc(-c2[c-]cc(NC(=O)OC(C)(C)C)cc2)c([CH]=[Ni])c1.[CH3-]. The number of nitrogens with one attached hydrogen (secondary N) is 1. The molecule has 138 valence electrons. The van der Waals surface area contributed by atoms with E-state index in [1.54, 1.807) is 24.2 Å². The normalized spacial score (nSPS) is 10.5. The van der Waals surface area contributed by atoms with Crippen molar-refractivity contribution >= 4 is 16.8 Å². The molecule has 0 aliphatic heterocycles. The number of ether oxygens (including phenoxy) is 2. The van der Waals surface area contributed by atoms with Crippen LogP contribution >= 0.6 is 0 Å². The molecular formula is C20H23NNiO3-2. The predicted molar refractivity (Wildman–Crippen MR) is 98.7 cm³/mol. The molecule has 1 amide bonds. The maximum Gasteiger partial charge on any atom is -0.358 e.